The van der Waals surface area contributed by atoms with Crippen LogP contribution in [0.2, 0.25) is 0 Å². The number of carbonyl (C=O) groups excluding carboxylic acids is 2. The van der Waals surface area contributed by atoms with Crippen molar-refractivity contribution in [1.29, 1.82) is 0 Å². The van der Waals surface area contributed by atoms with Gasteiger partial charge in [-0.05, 0) is 25.8 Å². The summed E-state index contributed by atoms with van der Waals surface area (Å²) in [6.07, 6.45) is -2.48. The number of likely N-dealkylation sites (tertiary alicyclic amines) is 1. The molecule has 2 rings (SSSR count). The molecule has 1 aromatic rings. The van der Waals surface area contributed by atoms with Gasteiger partial charge in [0.15, 0.2) is 6.61 Å². The van der Waals surface area contributed by atoms with Crippen LogP contribution in [-0.2, 0) is 4.74 Å². The van der Waals surface area contributed by atoms with E-state index in [4.69, 9.17) is 4.74 Å². The fraction of sp³-hybridized carbons (Fsp3) is 0.562. The predicted octanol–water partition coefficient (Wildman–Crippen LogP) is 2.37. The average Bonchev–Trinajstić information content (AvgIpc) is 2.60. The Kier molecular flexibility index (Phi) is 6.64. The fourth-order valence-electron chi connectivity index (χ4n) is 2.45. The lowest BCUT2D eigenvalue weighted by atomic mass is 10.0. The molecule has 144 valence electrons. The maximum absolute atomic E-state index is 12.2. The lowest BCUT2D eigenvalue weighted by Crippen LogP contribution is -2.46. The molecule has 26 heavy (non-hydrogen) atoms. The molecule has 0 aliphatic carbocycles. The molecule has 2 amide bonds. The second-order valence-corrected chi connectivity index (χ2v) is 5.72. The summed E-state index contributed by atoms with van der Waals surface area (Å²) in [5, 5.41) is 2.82. The minimum absolute atomic E-state index is 0.102. The number of amides is 2. The lowest BCUT2D eigenvalue weighted by molar-refractivity contribution is -0.154. The minimum Gasteiger partial charge on any atom is -0.468 e. The summed E-state index contributed by atoms with van der Waals surface area (Å²) in [5.74, 6) is -0.587. The van der Waals surface area contributed by atoms with E-state index in [0.29, 0.717) is 32.5 Å². The fourth-order valence-corrected chi connectivity index (χ4v) is 2.45. The molecule has 2 heterocycles. The number of hydrogen-bond donors (Lipinski definition) is 1. The minimum atomic E-state index is -4.45. The lowest BCUT2D eigenvalue weighted by Gasteiger charge is -2.31. The van der Waals surface area contributed by atoms with Crippen LogP contribution in [0.25, 0.3) is 0 Å². The topological polar surface area (TPSA) is 80.8 Å². The van der Waals surface area contributed by atoms with Crippen LogP contribution in [0, 0.1) is 0 Å². The Balaban J connectivity index is 1.80. The van der Waals surface area contributed by atoms with E-state index in [0.717, 1.165) is 6.20 Å². The van der Waals surface area contributed by atoms with Crippen LogP contribution in [0.3, 0.4) is 0 Å². The number of rotatable bonds is 5. The molecule has 7 nitrogen and oxygen atoms in total. The Morgan fingerprint density at radius 1 is 1.31 bits per heavy atom. The number of piperidine rings is 1. The van der Waals surface area contributed by atoms with Crippen LogP contribution < -0.4 is 10.1 Å². The predicted molar refractivity (Wildman–Crippen MR) is 84.9 cm³/mol. The van der Waals surface area contributed by atoms with Gasteiger partial charge in [0.25, 0.3) is 5.91 Å². The number of pyridine rings is 1. The van der Waals surface area contributed by atoms with Gasteiger partial charge in [-0.2, -0.15) is 13.2 Å². The number of nitrogens with zero attached hydrogens (tertiary/aromatic N) is 2. The van der Waals surface area contributed by atoms with Crippen molar-refractivity contribution in [3.05, 3.63) is 23.9 Å². The van der Waals surface area contributed by atoms with Gasteiger partial charge in [-0.15, -0.1) is 0 Å². The summed E-state index contributed by atoms with van der Waals surface area (Å²) < 4.78 is 45.7. The Hall–Kier alpha value is -2.52. The van der Waals surface area contributed by atoms with Gasteiger partial charge in [0.05, 0.1) is 12.2 Å². The van der Waals surface area contributed by atoms with Gasteiger partial charge in [-0.1, -0.05) is 0 Å². The average molecular weight is 375 g/mol. The Labute approximate surface area is 148 Å². The Morgan fingerprint density at radius 2 is 2.00 bits per heavy atom. The Morgan fingerprint density at radius 3 is 2.54 bits per heavy atom. The largest absolute Gasteiger partial charge is 0.468 e. The zero-order chi connectivity index (χ0) is 19.2. The summed E-state index contributed by atoms with van der Waals surface area (Å²) in [6.45, 7) is 1.56. The molecular weight excluding hydrogens is 355 g/mol. The maximum atomic E-state index is 12.2. The zero-order valence-corrected chi connectivity index (χ0v) is 14.2. The van der Waals surface area contributed by atoms with Gasteiger partial charge >= 0.3 is 12.3 Å². The summed E-state index contributed by atoms with van der Waals surface area (Å²) in [4.78, 5) is 29.1. The molecule has 1 N–H and O–H groups in total. The highest BCUT2D eigenvalue weighted by Gasteiger charge is 2.29. The number of hydrogen-bond acceptors (Lipinski definition) is 5. The number of ether oxygens (including phenoxy) is 2. The van der Waals surface area contributed by atoms with Crippen molar-refractivity contribution in [2.45, 2.75) is 32.0 Å². The van der Waals surface area contributed by atoms with Crippen LogP contribution in [-0.4, -0.2) is 60.4 Å². The third kappa shape index (κ3) is 6.08. The van der Waals surface area contributed by atoms with Crippen molar-refractivity contribution in [2.24, 2.45) is 0 Å². The van der Waals surface area contributed by atoms with Gasteiger partial charge in [0.1, 0.15) is 0 Å². The molecule has 0 radical (unpaired) electrons. The summed E-state index contributed by atoms with van der Waals surface area (Å²) in [5.41, 5.74) is 0.220. The first-order chi connectivity index (χ1) is 12.3. The number of halogens is 3. The SMILES string of the molecule is CCOC(=O)N1CCC(NC(=O)c2ccc(OCC(F)(F)F)nc2)CC1. The van der Waals surface area contributed by atoms with E-state index in [9.17, 15) is 22.8 Å². The van der Waals surface area contributed by atoms with Crippen LogP contribution in [0.5, 0.6) is 5.88 Å². The zero-order valence-electron chi connectivity index (χ0n) is 14.2. The quantitative estimate of drug-likeness (QED) is 0.855. The summed E-state index contributed by atoms with van der Waals surface area (Å²) >= 11 is 0. The molecule has 1 aliphatic heterocycles. The molecule has 0 aromatic carbocycles. The molecule has 1 aliphatic rings. The first-order valence-corrected chi connectivity index (χ1v) is 8.16. The van der Waals surface area contributed by atoms with E-state index < -0.39 is 12.8 Å². The number of alkyl halides is 3. The van der Waals surface area contributed by atoms with Gasteiger partial charge in [-0.3, -0.25) is 4.79 Å². The van der Waals surface area contributed by atoms with E-state index in [2.05, 4.69) is 15.0 Å². The monoisotopic (exact) mass is 375 g/mol. The molecular formula is C16H20F3N3O4. The van der Waals surface area contributed by atoms with Crippen molar-refractivity contribution in [1.82, 2.24) is 15.2 Å². The van der Waals surface area contributed by atoms with Gasteiger partial charge in [0, 0.05) is 31.4 Å². The molecule has 0 saturated carbocycles. The van der Waals surface area contributed by atoms with E-state index >= 15 is 0 Å². The van der Waals surface area contributed by atoms with Crippen LogP contribution in [0.15, 0.2) is 18.3 Å². The molecule has 0 bridgehead atoms. The van der Waals surface area contributed by atoms with Crippen molar-refractivity contribution in [3.63, 3.8) is 0 Å². The molecule has 1 saturated heterocycles. The number of nitrogens with one attached hydrogen (secondary N) is 1. The van der Waals surface area contributed by atoms with Crippen molar-refractivity contribution < 1.29 is 32.2 Å². The van der Waals surface area contributed by atoms with Crippen LogP contribution in [0.4, 0.5) is 18.0 Å². The number of aromatic nitrogens is 1. The molecule has 0 unspecified atom stereocenters. The Bertz CT molecular complexity index is 614. The molecule has 0 atom stereocenters. The van der Waals surface area contributed by atoms with Gasteiger partial charge in [0.2, 0.25) is 5.88 Å². The smallest absolute Gasteiger partial charge is 0.422 e. The highest BCUT2D eigenvalue weighted by molar-refractivity contribution is 5.94. The van der Waals surface area contributed by atoms with Crippen molar-refractivity contribution in [3.8, 4) is 5.88 Å². The third-order valence-corrected chi connectivity index (χ3v) is 3.74. The first-order valence-electron chi connectivity index (χ1n) is 8.16. The van der Waals surface area contributed by atoms with Crippen LogP contribution in [0.1, 0.15) is 30.1 Å². The second-order valence-electron chi connectivity index (χ2n) is 5.72. The molecule has 0 spiro atoms. The molecule has 1 fully saturated rings. The highest BCUT2D eigenvalue weighted by atomic mass is 19.4. The van der Waals surface area contributed by atoms with E-state index in [1.807, 2.05) is 0 Å². The van der Waals surface area contributed by atoms with E-state index in [1.165, 1.54) is 12.1 Å². The molecule has 10 heteroatoms. The van der Waals surface area contributed by atoms with Gasteiger partial charge in [-0.25, -0.2) is 9.78 Å². The first kappa shape index (κ1) is 19.8. The van der Waals surface area contributed by atoms with Gasteiger partial charge < -0.3 is 19.7 Å². The summed E-state index contributed by atoms with van der Waals surface area (Å²) in [6, 6.07) is 2.46. The number of carbonyl (C=O) groups is 2. The maximum Gasteiger partial charge on any atom is 0.422 e. The second kappa shape index (κ2) is 8.72. The van der Waals surface area contributed by atoms with E-state index in [-0.39, 0.29) is 29.5 Å². The molecule has 1 aromatic heterocycles. The third-order valence-electron chi connectivity index (χ3n) is 3.74. The van der Waals surface area contributed by atoms with Crippen molar-refractivity contribution in [2.75, 3.05) is 26.3 Å². The van der Waals surface area contributed by atoms with E-state index in [1.54, 1.807) is 11.8 Å². The van der Waals surface area contributed by atoms with Crippen molar-refractivity contribution >= 4 is 12.0 Å². The normalized spacial score (nSPS) is 15.5. The van der Waals surface area contributed by atoms with Crippen LogP contribution >= 0.6 is 0 Å². The summed E-state index contributed by atoms with van der Waals surface area (Å²) in [7, 11) is 0. The highest BCUT2D eigenvalue weighted by Crippen LogP contribution is 2.17. The standard InChI is InChI=1S/C16H20F3N3O4/c1-2-25-15(24)22-7-5-12(6-8-22)21-14(23)11-3-4-13(20-9-11)26-10-16(17,18)19/h3-4,9,12H,2,5-8,10H2,1H3,(H,21,23).